The van der Waals surface area contributed by atoms with Crippen LogP contribution in [0.4, 0.5) is 0 Å². The van der Waals surface area contributed by atoms with Crippen LogP contribution in [0.25, 0.3) is 11.0 Å². The Kier molecular flexibility index (Phi) is 6.52. The van der Waals surface area contributed by atoms with E-state index in [9.17, 15) is 13.2 Å². The first-order valence-corrected chi connectivity index (χ1v) is 11.5. The first kappa shape index (κ1) is 21.9. The number of fused-ring (bicyclic) bond motifs is 1. The maximum absolute atomic E-state index is 12.7. The van der Waals surface area contributed by atoms with Gasteiger partial charge in [0.25, 0.3) is 5.91 Å². The van der Waals surface area contributed by atoms with Crippen molar-refractivity contribution in [2.45, 2.75) is 45.2 Å². The number of nitrogens with zero attached hydrogens (tertiary/aromatic N) is 4. The number of nitrogens with one attached hydrogen (secondary N) is 1. The Morgan fingerprint density at radius 2 is 1.77 bits per heavy atom. The summed E-state index contributed by atoms with van der Waals surface area (Å²) in [5.74, 6) is -0.227. The molecule has 2 aromatic carbocycles. The van der Waals surface area contributed by atoms with E-state index < -0.39 is 10.0 Å². The molecule has 0 radical (unpaired) electrons. The summed E-state index contributed by atoms with van der Waals surface area (Å²) in [6, 6.07) is 11.7. The summed E-state index contributed by atoms with van der Waals surface area (Å²) < 4.78 is 28.4. The highest BCUT2D eigenvalue weighted by Gasteiger charge is 2.22. The second-order valence-corrected chi connectivity index (χ2v) is 8.90. The van der Waals surface area contributed by atoms with Gasteiger partial charge in [0.15, 0.2) is 0 Å². The first-order chi connectivity index (χ1) is 14.3. The van der Waals surface area contributed by atoms with Crippen LogP contribution < -0.4 is 5.32 Å². The van der Waals surface area contributed by atoms with Crippen LogP contribution in [0, 0.1) is 0 Å². The number of aryl methyl sites for hydroxylation is 1. The van der Waals surface area contributed by atoms with Gasteiger partial charge in [-0.25, -0.2) is 13.1 Å². The summed E-state index contributed by atoms with van der Waals surface area (Å²) in [5, 5.41) is 11.1. The highest BCUT2D eigenvalue weighted by atomic mass is 32.2. The normalized spacial score (nSPS) is 13.0. The molecule has 1 amide bonds. The van der Waals surface area contributed by atoms with Gasteiger partial charge in [-0.2, -0.15) is 4.31 Å². The first-order valence-electron chi connectivity index (χ1n) is 10.1. The van der Waals surface area contributed by atoms with Crippen molar-refractivity contribution in [1.29, 1.82) is 0 Å². The molecule has 3 rings (SSSR count). The van der Waals surface area contributed by atoms with E-state index in [4.69, 9.17) is 0 Å². The fourth-order valence-electron chi connectivity index (χ4n) is 3.35. The molecule has 3 aromatic rings. The number of sulfonamides is 1. The van der Waals surface area contributed by atoms with Gasteiger partial charge in [-0.15, -0.1) is 5.10 Å². The molecule has 0 unspecified atom stereocenters. The molecular weight excluding hydrogens is 402 g/mol. The molecule has 8 nitrogen and oxygen atoms in total. The van der Waals surface area contributed by atoms with Crippen molar-refractivity contribution in [3.05, 3.63) is 53.6 Å². The van der Waals surface area contributed by atoms with Crippen LogP contribution in [0.2, 0.25) is 0 Å². The van der Waals surface area contributed by atoms with Crippen LogP contribution in [-0.2, 0) is 16.6 Å². The number of amides is 1. The number of hydrogen-bond acceptors (Lipinski definition) is 5. The lowest BCUT2D eigenvalue weighted by Gasteiger charge is -2.19. The fourth-order valence-corrected chi connectivity index (χ4v) is 4.81. The number of carbonyl (C=O) groups is 1. The quantitative estimate of drug-likeness (QED) is 0.594. The molecule has 160 valence electrons. The molecule has 1 heterocycles. The third kappa shape index (κ3) is 4.22. The Labute approximate surface area is 176 Å². The Bertz CT molecular complexity index is 1140. The molecule has 0 saturated carbocycles. The van der Waals surface area contributed by atoms with E-state index in [1.54, 1.807) is 41.1 Å². The molecule has 30 heavy (non-hydrogen) atoms. The maximum Gasteiger partial charge on any atom is 0.251 e. The molecule has 1 atom stereocenters. The molecule has 1 aromatic heterocycles. The second kappa shape index (κ2) is 8.93. The zero-order valence-electron chi connectivity index (χ0n) is 17.7. The average Bonchev–Trinajstić information content (AvgIpc) is 3.16. The van der Waals surface area contributed by atoms with Gasteiger partial charge in [-0.3, -0.25) is 4.79 Å². The lowest BCUT2D eigenvalue weighted by atomic mass is 10.1. The maximum atomic E-state index is 12.7. The lowest BCUT2D eigenvalue weighted by Crippen LogP contribution is -2.30. The zero-order chi connectivity index (χ0) is 21.9. The summed E-state index contributed by atoms with van der Waals surface area (Å²) in [6.45, 7) is 9.01. The molecule has 0 aliphatic rings. The van der Waals surface area contributed by atoms with Crippen molar-refractivity contribution in [3.63, 3.8) is 0 Å². The Hall–Kier alpha value is -2.78. The van der Waals surface area contributed by atoms with Gasteiger partial charge in [0.1, 0.15) is 5.52 Å². The summed E-state index contributed by atoms with van der Waals surface area (Å²) in [6.07, 6.45) is 0. The molecular formula is C21H27N5O3S. The molecule has 0 saturated heterocycles. The van der Waals surface area contributed by atoms with E-state index in [0.717, 1.165) is 11.1 Å². The standard InChI is InChI=1S/C21H27N5O3S/c1-5-25(6-2)30(28,29)18-11-8-16(9-12-18)15(4)22-21(27)17-10-13-20-19(14-17)23-24-26(20)7-3/h8-15H,5-7H2,1-4H3,(H,22,27)/t15-/m0/s1. The smallest absolute Gasteiger partial charge is 0.251 e. The summed E-state index contributed by atoms with van der Waals surface area (Å²) in [5.41, 5.74) is 2.87. The molecule has 0 spiro atoms. The van der Waals surface area contributed by atoms with E-state index in [1.165, 1.54) is 4.31 Å². The van der Waals surface area contributed by atoms with E-state index in [1.807, 2.05) is 33.8 Å². The SMILES string of the molecule is CCN(CC)S(=O)(=O)c1ccc([C@H](C)NC(=O)c2ccc3c(c2)nnn3CC)cc1. The predicted octanol–water partition coefficient (Wildman–Crippen LogP) is 2.97. The van der Waals surface area contributed by atoms with Crippen molar-refractivity contribution in [2.75, 3.05) is 13.1 Å². The Morgan fingerprint density at radius 3 is 2.37 bits per heavy atom. The van der Waals surface area contributed by atoms with Crippen LogP contribution >= 0.6 is 0 Å². The van der Waals surface area contributed by atoms with Crippen LogP contribution in [0.15, 0.2) is 47.4 Å². The van der Waals surface area contributed by atoms with Gasteiger partial charge >= 0.3 is 0 Å². The monoisotopic (exact) mass is 429 g/mol. The van der Waals surface area contributed by atoms with Gasteiger partial charge in [0.2, 0.25) is 10.0 Å². The lowest BCUT2D eigenvalue weighted by molar-refractivity contribution is 0.0940. The number of aromatic nitrogens is 3. The van der Waals surface area contributed by atoms with Gasteiger partial charge in [0.05, 0.1) is 16.5 Å². The van der Waals surface area contributed by atoms with Crippen molar-refractivity contribution >= 4 is 27.0 Å². The molecule has 0 bridgehead atoms. The number of carbonyl (C=O) groups excluding carboxylic acids is 1. The Balaban J connectivity index is 1.74. The minimum absolute atomic E-state index is 0.227. The third-order valence-corrected chi connectivity index (χ3v) is 7.21. The minimum atomic E-state index is -3.50. The van der Waals surface area contributed by atoms with E-state index in [-0.39, 0.29) is 16.8 Å². The molecule has 9 heteroatoms. The van der Waals surface area contributed by atoms with Crippen LogP contribution in [-0.4, -0.2) is 46.7 Å². The minimum Gasteiger partial charge on any atom is -0.346 e. The van der Waals surface area contributed by atoms with Crippen molar-refractivity contribution in [1.82, 2.24) is 24.6 Å². The van der Waals surface area contributed by atoms with Crippen molar-refractivity contribution < 1.29 is 13.2 Å². The fraction of sp³-hybridized carbons (Fsp3) is 0.381. The van der Waals surface area contributed by atoms with Gasteiger partial charge in [-0.1, -0.05) is 31.2 Å². The predicted molar refractivity (Wildman–Crippen MR) is 116 cm³/mol. The number of hydrogen-bond donors (Lipinski definition) is 1. The van der Waals surface area contributed by atoms with Crippen LogP contribution in [0.3, 0.4) is 0 Å². The number of benzene rings is 2. The summed E-state index contributed by atoms with van der Waals surface area (Å²) in [7, 11) is -3.50. The van der Waals surface area contributed by atoms with E-state index in [0.29, 0.717) is 30.7 Å². The Morgan fingerprint density at radius 1 is 1.10 bits per heavy atom. The molecule has 1 N–H and O–H groups in total. The summed E-state index contributed by atoms with van der Waals surface area (Å²) >= 11 is 0. The van der Waals surface area contributed by atoms with Gasteiger partial charge in [-0.05, 0) is 49.7 Å². The summed E-state index contributed by atoms with van der Waals surface area (Å²) in [4.78, 5) is 12.9. The zero-order valence-corrected chi connectivity index (χ0v) is 18.5. The number of rotatable bonds is 8. The largest absolute Gasteiger partial charge is 0.346 e. The third-order valence-electron chi connectivity index (χ3n) is 5.15. The molecule has 0 fully saturated rings. The van der Waals surface area contributed by atoms with Crippen LogP contribution in [0.5, 0.6) is 0 Å². The van der Waals surface area contributed by atoms with Crippen molar-refractivity contribution in [3.8, 4) is 0 Å². The van der Waals surface area contributed by atoms with Crippen molar-refractivity contribution in [2.24, 2.45) is 0 Å². The van der Waals surface area contributed by atoms with Crippen LogP contribution in [0.1, 0.15) is 49.7 Å². The highest BCUT2D eigenvalue weighted by molar-refractivity contribution is 7.89. The van der Waals surface area contributed by atoms with Gasteiger partial charge in [0, 0.05) is 25.2 Å². The van der Waals surface area contributed by atoms with Gasteiger partial charge < -0.3 is 5.32 Å². The molecule has 0 aliphatic carbocycles. The second-order valence-electron chi connectivity index (χ2n) is 6.96. The molecule has 0 aliphatic heterocycles. The highest BCUT2D eigenvalue weighted by Crippen LogP contribution is 2.20. The van der Waals surface area contributed by atoms with E-state index in [2.05, 4.69) is 15.6 Å². The topological polar surface area (TPSA) is 97.2 Å². The van der Waals surface area contributed by atoms with E-state index >= 15 is 0 Å². The average molecular weight is 430 g/mol.